The number of carbonyl (C=O) groups is 1. The van der Waals surface area contributed by atoms with Crippen LogP contribution in [-0.4, -0.2) is 29.4 Å². The van der Waals surface area contributed by atoms with E-state index in [1.807, 2.05) is 17.3 Å². The predicted octanol–water partition coefficient (Wildman–Crippen LogP) is 0.623. The summed E-state index contributed by atoms with van der Waals surface area (Å²) in [5.74, 6) is -0.307. The number of amides is 1. The van der Waals surface area contributed by atoms with Crippen LogP contribution in [0.5, 0.6) is 0 Å². The molecule has 0 aliphatic heterocycles. The Morgan fingerprint density at radius 3 is 2.93 bits per heavy atom. The number of thiazole rings is 1. The molecule has 0 atom stereocenters. The van der Waals surface area contributed by atoms with E-state index in [1.54, 1.807) is 11.3 Å². The fourth-order valence-electron chi connectivity index (χ4n) is 1.18. The maximum absolute atomic E-state index is 10.6. The number of aromatic nitrogens is 1. The summed E-state index contributed by atoms with van der Waals surface area (Å²) >= 11 is 1.66. The number of carbonyl (C=O) groups excluding carboxylic acids is 1. The van der Waals surface area contributed by atoms with E-state index in [9.17, 15) is 4.79 Å². The minimum Gasteiger partial charge on any atom is -0.369 e. The molecule has 1 aromatic rings. The lowest BCUT2D eigenvalue weighted by Gasteiger charge is -2.11. The molecule has 0 radical (unpaired) electrons. The summed E-state index contributed by atoms with van der Waals surface area (Å²) in [5.41, 5.74) is 6.09. The fraction of sp³-hybridized carbons (Fsp3) is 0.556. The van der Waals surface area contributed by atoms with E-state index in [1.165, 1.54) is 0 Å². The minimum absolute atomic E-state index is 0.277. The van der Waals surface area contributed by atoms with Crippen molar-refractivity contribution in [3.63, 3.8) is 0 Å². The zero-order valence-electron chi connectivity index (χ0n) is 8.49. The van der Waals surface area contributed by atoms with Crippen molar-refractivity contribution in [2.75, 3.05) is 13.6 Å². The molecular weight excluding hydrogens is 198 g/mol. The van der Waals surface area contributed by atoms with Crippen LogP contribution in [0.4, 0.5) is 0 Å². The van der Waals surface area contributed by atoms with Crippen molar-refractivity contribution in [2.24, 2.45) is 5.73 Å². The molecule has 4 nitrogen and oxygen atoms in total. The number of aryl methyl sites for hydroxylation is 1. The maximum Gasteiger partial charge on any atom is 0.231 e. The Morgan fingerprint density at radius 1 is 1.71 bits per heavy atom. The van der Waals surface area contributed by atoms with Gasteiger partial charge in [0.2, 0.25) is 5.91 Å². The van der Waals surface area contributed by atoms with Crippen molar-refractivity contribution in [1.29, 1.82) is 0 Å². The zero-order valence-corrected chi connectivity index (χ0v) is 9.30. The van der Waals surface area contributed by atoms with Gasteiger partial charge in [-0.2, -0.15) is 0 Å². The Hall–Kier alpha value is -0.940. The van der Waals surface area contributed by atoms with Gasteiger partial charge in [-0.1, -0.05) is 6.92 Å². The SMILES string of the molecule is CCc1nc(CN(C)CC(N)=O)cs1. The summed E-state index contributed by atoms with van der Waals surface area (Å²) < 4.78 is 0. The molecule has 0 aromatic carbocycles. The van der Waals surface area contributed by atoms with Gasteiger partial charge in [0.1, 0.15) is 0 Å². The van der Waals surface area contributed by atoms with E-state index in [0.29, 0.717) is 6.54 Å². The van der Waals surface area contributed by atoms with Crippen molar-refractivity contribution in [3.8, 4) is 0 Å². The van der Waals surface area contributed by atoms with Gasteiger partial charge >= 0.3 is 0 Å². The summed E-state index contributed by atoms with van der Waals surface area (Å²) in [6.07, 6.45) is 0.963. The first-order valence-corrected chi connectivity index (χ1v) is 5.40. The second kappa shape index (κ2) is 5.07. The average molecular weight is 213 g/mol. The standard InChI is InChI=1S/C9H15N3OS/c1-3-9-11-7(6-14-9)4-12(2)5-8(10)13/h6H,3-5H2,1-2H3,(H2,10,13). The number of nitrogens with two attached hydrogens (primary N) is 1. The van der Waals surface area contributed by atoms with E-state index in [4.69, 9.17) is 5.73 Å². The van der Waals surface area contributed by atoms with Crippen molar-refractivity contribution < 1.29 is 4.79 Å². The second-order valence-corrected chi connectivity index (χ2v) is 4.17. The number of rotatable bonds is 5. The molecule has 14 heavy (non-hydrogen) atoms. The normalized spacial score (nSPS) is 10.8. The quantitative estimate of drug-likeness (QED) is 0.780. The molecule has 0 spiro atoms. The zero-order chi connectivity index (χ0) is 10.6. The molecule has 1 amide bonds. The number of likely N-dealkylation sites (N-methyl/N-ethyl adjacent to an activating group) is 1. The first-order chi connectivity index (χ1) is 6.61. The number of nitrogens with zero attached hydrogens (tertiary/aromatic N) is 2. The Bertz CT molecular complexity index is 311. The first kappa shape index (κ1) is 11.1. The summed E-state index contributed by atoms with van der Waals surface area (Å²) in [6.45, 7) is 3.04. The van der Waals surface area contributed by atoms with Gasteiger partial charge in [-0.05, 0) is 13.5 Å². The second-order valence-electron chi connectivity index (χ2n) is 3.22. The first-order valence-electron chi connectivity index (χ1n) is 4.52. The Balaban J connectivity index is 2.47. The molecule has 78 valence electrons. The van der Waals surface area contributed by atoms with E-state index < -0.39 is 0 Å². The molecule has 2 N–H and O–H groups in total. The van der Waals surface area contributed by atoms with Gasteiger partial charge in [-0.15, -0.1) is 11.3 Å². The van der Waals surface area contributed by atoms with E-state index >= 15 is 0 Å². The molecule has 5 heteroatoms. The topological polar surface area (TPSA) is 59.2 Å². The largest absolute Gasteiger partial charge is 0.369 e. The maximum atomic E-state index is 10.6. The highest BCUT2D eigenvalue weighted by atomic mass is 32.1. The molecule has 1 heterocycles. The number of primary amides is 1. The third-order valence-electron chi connectivity index (χ3n) is 1.76. The van der Waals surface area contributed by atoms with Crippen LogP contribution in [0.1, 0.15) is 17.6 Å². The molecule has 0 fully saturated rings. The molecule has 0 aliphatic rings. The van der Waals surface area contributed by atoms with Crippen LogP contribution in [0.3, 0.4) is 0 Å². The van der Waals surface area contributed by atoms with Crippen LogP contribution >= 0.6 is 11.3 Å². The Kier molecular flexibility index (Phi) is 4.03. The van der Waals surface area contributed by atoms with Gasteiger partial charge < -0.3 is 5.73 Å². The van der Waals surface area contributed by atoms with Crippen LogP contribution in [-0.2, 0) is 17.8 Å². The Morgan fingerprint density at radius 2 is 2.43 bits per heavy atom. The molecule has 0 bridgehead atoms. The molecule has 1 aromatic heterocycles. The van der Waals surface area contributed by atoms with Gasteiger partial charge in [-0.25, -0.2) is 4.98 Å². The lowest BCUT2D eigenvalue weighted by atomic mass is 10.4. The van der Waals surface area contributed by atoms with Gasteiger partial charge in [0.25, 0.3) is 0 Å². The summed E-state index contributed by atoms with van der Waals surface area (Å²) in [7, 11) is 1.86. The predicted molar refractivity (Wildman–Crippen MR) is 57.0 cm³/mol. The molecule has 0 saturated carbocycles. The van der Waals surface area contributed by atoms with Crippen molar-refractivity contribution in [3.05, 3.63) is 16.1 Å². The van der Waals surface area contributed by atoms with Crippen molar-refractivity contribution >= 4 is 17.2 Å². The van der Waals surface area contributed by atoms with E-state index in [2.05, 4.69) is 11.9 Å². The van der Waals surface area contributed by atoms with Crippen LogP contribution in [0.15, 0.2) is 5.38 Å². The van der Waals surface area contributed by atoms with E-state index in [-0.39, 0.29) is 12.5 Å². The third kappa shape index (κ3) is 3.43. The lowest BCUT2D eigenvalue weighted by molar-refractivity contribution is -0.118. The highest BCUT2D eigenvalue weighted by Crippen LogP contribution is 2.11. The van der Waals surface area contributed by atoms with Gasteiger partial charge in [0, 0.05) is 11.9 Å². The molecule has 0 unspecified atom stereocenters. The van der Waals surface area contributed by atoms with Crippen molar-refractivity contribution in [2.45, 2.75) is 19.9 Å². The molecule has 0 saturated heterocycles. The minimum atomic E-state index is -0.307. The van der Waals surface area contributed by atoms with Crippen LogP contribution < -0.4 is 5.73 Å². The van der Waals surface area contributed by atoms with E-state index in [0.717, 1.165) is 17.1 Å². The highest BCUT2D eigenvalue weighted by Gasteiger charge is 2.06. The van der Waals surface area contributed by atoms with Crippen LogP contribution in [0.2, 0.25) is 0 Å². The van der Waals surface area contributed by atoms with Gasteiger partial charge in [0.15, 0.2) is 0 Å². The van der Waals surface area contributed by atoms with Crippen molar-refractivity contribution in [1.82, 2.24) is 9.88 Å². The van der Waals surface area contributed by atoms with Gasteiger partial charge in [0.05, 0.1) is 17.2 Å². The highest BCUT2D eigenvalue weighted by molar-refractivity contribution is 7.09. The molecular formula is C9H15N3OS. The molecule has 0 aliphatic carbocycles. The third-order valence-corrected chi connectivity index (χ3v) is 2.80. The van der Waals surface area contributed by atoms with Crippen LogP contribution in [0.25, 0.3) is 0 Å². The summed E-state index contributed by atoms with van der Waals surface area (Å²) in [5, 5.41) is 3.16. The average Bonchev–Trinajstić information content (AvgIpc) is 2.50. The lowest BCUT2D eigenvalue weighted by Crippen LogP contribution is -2.30. The van der Waals surface area contributed by atoms with Gasteiger partial charge in [-0.3, -0.25) is 9.69 Å². The number of hydrogen-bond acceptors (Lipinski definition) is 4. The number of hydrogen-bond donors (Lipinski definition) is 1. The molecule has 1 rings (SSSR count). The van der Waals surface area contributed by atoms with Crippen LogP contribution in [0, 0.1) is 0 Å². The fourth-order valence-corrected chi connectivity index (χ4v) is 1.92. The smallest absolute Gasteiger partial charge is 0.231 e. The summed E-state index contributed by atoms with van der Waals surface area (Å²) in [6, 6.07) is 0. The Labute approximate surface area is 87.7 Å². The summed E-state index contributed by atoms with van der Waals surface area (Å²) in [4.78, 5) is 16.9. The monoisotopic (exact) mass is 213 g/mol.